The number of aliphatic hydroxyl groups excluding tert-OH is 1. The molecule has 252 valence electrons. The number of aliphatic hydroxyl groups is 1. The number of hydrogen-bond acceptors (Lipinski definition) is 6. The lowest BCUT2D eigenvalue weighted by atomic mass is 9.94. The Morgan fingerprint density at radius 1 is 0.848 bits per heavy atom. The van der Waals surface area contributed by atoms with Gasteiger partial charge in [-0.2, -0.15) is 0 Å². The first-order valence-electron chi connectivity index (χ1n) is 17.8. The molecule has 2 saturated heterocycles. The van der Waals surface area contributed by atoms with Gasteiger partial charge in [0.15, 0.2) is 0 Å². The van der Waals surface area contributed by atoms with Crippen molar-refractivity contribution in [3.8, 4) is 0 Å². The molecule has 0 unspecified atom stereocenters. The van der Waals surface area contributed by atoms with E-state index in [9.17, 15) is 5.11 Å². The van der Waals surface area contributed by atoms with E-state index in [-0.39, 0.29) is 30.5 Å². The van der Waals surface area contributed by atoms with Gasteiger partial charge in [-0.25, -0.2) is 0 Å². The van der Waals surface area contributed by atoms with Crippen LogP contribution in [0.1, 0.15) is 70.4 Å². The van der Waals surface area contributed by atoms with Crippen molar-refractivity contribution in [1.29, 1.82) is 0 Å². The number of hydrogen-bond donors (Lipinski definition) is 1. The highest BCUT2D eigenvalue weighted by atomic mass is 28.3. The third-order valence-electron chi connectivity index (χ3n) is 10.5. The third kappa shape index (κ3) is 9.50. The van der Waals surface area contributed by atoms with Crippen LogP contribution in [0, 0.1) is 0 Å². The average molecular weight is 649 g/mol. The maximum Gasteiger partial charge on any atom is 0.110 e. The van der Waals surface area contributed by atoms with Crippen molar-refractivity contribution in [3.63, 3.8) is 0 Å². The predicted octanol–water partition coefficient (Wildman–Crippen LogP) is 7.95. The molecule has 2 aromatic rings. The molecule has 0 aromatic heterocycles. The smallest absolute Gasteiger partial charge is 0.110 e. The molecule has 6 nitrogen and oxygen atoms in total. The second-order valence-corrected chi connectivity index (χ2v) is 18.6. The van der Waals surface area contributed by atoms with Crippen LogP contribution in [0.25, 0.3) is 0 Å². The van der Waals surface area contributed by atoms with Crippen LogP contribution in [0.5, 0.6) is 0 Å². The average Bonchev–Trinajstić information content (AvgIpc) is 3.18. The maximum absolute atomic E-state index is 11.4. The highest BCUT2D eigenvalue weighted by Gasteiger charge is 2.40. The lowest BCUT2D eigenvalue weighted by molar-refractivity contribution is -0.197. The van der Waals surface area contributed by atoms with Gasteiger partial charge in [-0.15, -0.1) is 0 Å². The summed E-state index contributed by atoms with van der Waals surface area (Å²) in [4.78, 5) is 0. The van der Waals surface area contributed by atoms with Crippen LogP contribution in [-0.4, -0.2) is 69.1 Å². The first-order chi connectivity index (χ1) is 22.5. The van der Waals surface area contributed by atoms with E-state index in [0.29, 0.717) is 32.7 Å². The van der Waals surface area contributed by atoms with E-state index >= 15 is 0 Å². The lowest BCUT2D eigenvalue weighted by Crippen LogP contribution is -2.49. The largest absolute Gasteiger partial charge is 0.390 e. The van der Waals surface area contributed by atoms with Gasteiger partial charge in [0, 0.05) is 13.0 Å². The molecule has 3 aliphatic rings. The van der Waals surface area contributed by atoms with Crippen LogP contribution in [-0.2, 0) is 36.9 Å². The summed E-state index contributed by atoms with van der Waals surface area (Å²) in [6.07, 6.45) is 10.4. The van der Waals surface area contributed by atoms with Crippen LogP contribution in [0.15, 0.2) is 84.1 Å². The molecular weight excluding hydrogens is 593 g/mol. The molecule has 7 atom stereocenters. The van der Waals surface area contributed by atoms with E-state index in [1.54, 1.807) is 0 Å². The zero-order chi connectivity index (χ0) is 32.2. The van der Waals surface area contributed by atoms with Gasteiger partial charge in [-0.3, -0.25) is 0 Å². The van der Waals surface area contributed by atoms with Crippen LogP contribution in [0.2, 0.25) is 18.1 Å². The Balaban J connectivity index is 1.39. The molecule has 3 heterocycles. The minimum Gasteiger partial charge on any atom is -0.390 e. The van der Waals surface area contributed by atoms with Gasteiger partial charge in [0.25, 0.3) is 0 Å². The maximum atomic E-state index is 11.4. The molecule has 5 rings (SSSR count). The molecule has 3 aliphatic heterocycles. The van der Waals surface area contributed by atoms with E-state index in [4.69, 9.17) is 23.7 Å². The second kappa shape index (κ2) is 17.9. The molecule has 0 bridgehead atoms. The van der Waals surface area contributed by atoms with Gasteiger partial charge in [0.05, 0.1) is 64.5 Å². The zero-order valence-electron chi connectivity index (χ0n) is 28.2. The SMILES string of the molecule is CC[Si](CC)(CC)C1=C/[C@@H](C[C@@H](OCc2ccccc2)[C@@H]2O[C@H](COCc3ccccc3)CC[C@H]2O)O[C@H]2CCCO[C@@H]2C/C=C\1. The molecule has 1 N–H and O–H groups in total. The molecule has 0 spiro atoms. The van der Waals surface area contributed by atoms with E-state index in [0.717, 1.165) is 43.4 Å². The third-order valence-corrected chi connectivity index (χ3v) is 16.1. The van der Waals surface area contributed by atoms with Crippen molar-refractivity contribution in [1.82, 2.24) is 0 Å². The predicted molar refractivity (Wildman–Crippen MR) is 186 cm³/mol. The molecular formula is C39H56O6Si. The molecule has 2 aromatic carbocycles. The standard InChI is InChI=1S/C39H56O6Si/c1-4-46(5-2,6-3)34-19-13-20-36-37(21-14-24-42-36)44-33(25-34)26-38(43-28-31-17-11-8-12-18-31)39-35(40)23-22-32(45-39)29-41-27-30-15-9-7-10-16-30/h7-13,15-19,25,32-33,35-40H,4-6,14,20-24,26-29H2,1-3H3/b19-13-,34-25+/t32-,33-,35+,36+,37-,38+,39+/m0/s1. The van der Waals surface area contributed by atoms with E-state index in [1.165, 1.54) is 23.3 Å². The minimum absolute atomic E-state index is 0.0334. The molecule has 7 heteroatoms. The molecule has 0 aliphatic carbocycles. The van der Waals surface area contributed by atoms with Crippen LogP contribution in [0.4, 0.5) is 0 Å². The summed E-state index contributed by atoms with van der Waals surface area (Å²) in [5.41, 5.74) is 2.24. The summed E-state index contributed by atoms with van der Waals surface area (Å²) in [5.74, 6) is 0. The number of benzene rings is 2. The lowest BCUT2D eigenvalue weighted by Gasteiger charge is -2.40. The van der Waals surface area contributed by atoms with Crippen LogP contribution < -0.4 is 0 Å². The Labute approximate surface area is 278 Å². The fourth-order valence-electron chi connectivity index (χ4n) is 7.42. The highest BCUT2D eigenvalue weighted by Crippen LogP contribution is 2.35. The first-order valence-corrected chi connectivity index (χ1v) is 20.4. The summed E-state index contributed by atoms with van der Waals surface area (Å²) >= 11 is 0. The van der Waals surface area contributed by atoms with Gasteiger partial charge >= 0.3 is 0 Å². The summed E-state index contributed by atoms with van der Waals surface area (Å²) in [6, 6.07) is 24.1. The molecule has 46 heavy (non-hydrogen) atoms. The van der Waals surface area contributed by atoms with Gasteiger partial charge in [0.1, 0.15) is 6.10 Å². The van der Waals surface area contributed by atoms with Gasteiger partial charge < -0.3 is 28.8 Å². The number of allylic oxidation sites excluding steroid dienone is 2. The fraction of sp³-hybridized carbons (Fsp3) is 0.590. The van der Waals surface area contributed by atoms with Crippen molar-refractivity contribution >= 4 is 8.07 Å². The second-order valence-electron chi connectivity index (χ2n) is 13.3. The van der Waals surface area contributed by atoms with Crippen molar-refractivity contribution in [2.75, 3.05) is 13.2 Å². The summed E-state index contributed by atoms with van der Waals surface area (Å²) < 4.78 is 32.8. The Kier molecular flexibility index (Phi) is 13.7. The van der Waals surface area contributed by atoms with Crippen molar-refractivity contribution in [3.05, 3.63) is 95.2 Å². The van der Waals surface area contributed by atoms with Crippen molar-refractivity contribution < 1.29 is 28.8 Å². The molecule has 2 fully saturated rings. The molecule has 0 radical (unpaired) electrons. The van der Waals surface area contributed by atoms with Crippen LogP contribution in [0.3, 0.4) is 0 Å². The number of ether oxygens (including phenoxy) is 5. The monoisotopic (exact) mass is 648 g/mol. The Bertz CT molecular complexity index is 1210. The summed E-state index contributed by atoms with van der Waals surface area (Å²) in [5, 5.41) is 12.9. The van der Waals surface area contributed by atoms with Gasteiger partial charge in [-0.05, 0) is 43.2 Å². The quantitative estimate of drug-likeness (QED) is 0.210. The Morgan fingerprint density at radius 3 is 2.24 bits per heavy atom. The van der Waals surface area contributed by atoms with Crippen molar-refractivity contribution in [2.24, 2.45) is 0 Å². The van der Waals surface area contributed by atoms with E-state index < -0.39 is 20.3 Å². The number of fused-ring (bicyclic) bond motifs is 1. The number of rotatable bonds is 14. The normalized spacial score (nSPS) is 29.8. The van der Waals surface area contributed by atoms with Crippen LogP contribution >= 0.6 is 0 Å². The first kappa shape index (κ1) is 35.2. The molecule has 0 saturated carbocycles. The zero-order valence-corrected chi connectivity index (χ0v) is 29.2. The summed E-state index contributed by atoms with van der Waals surface area (Å²) in [7, 11) is -1.70. The van der Waals surface area contributed by atoms with E-state index in [2.05, 4.69) is 63.3 Å². The van der Waals surface area contributed by atoms with Crippen molar-refractivity contribution in [2.45, 2.75) is 133 Å². The Hall–Kier alpha value is -2.10. The fourth-order valence-corrected chi connectivity index (χ4v) is 11.2. The van der Waals surface area contributed by atoms with E-state index in [1.807, 2.05) is 36.4 Å². The van der Waals surface area contributed by atoms with Gasteiger partial charge in [0.2, 0.25) is 0 Å². The summed E-state index contributed by atoms with van der Waals surface area (Å²) in [6.45, 7) is 9.34. The minimum atomic E-state index is -1.70. The Morgan fingerprint density at radius 2 is 1.54 bits per heavy atom. The molecule has 0 amide bonds. The highest BCUT2D eigenvalue weighted by molar-refractivity contribution is 6.87. The van der Waals surface area contributed by atoms with Gasteiger partial charge in [-0.1, -0.05) is 123 Å². The topological polar surface area (TPSA) is 66.4 Å².